The predicted molar refractivity (Wildman–Crippen MR) is 67.8 cm³/mol. The summed E-state index contributed by atoms with van der Waals surface area (Å²) in [4.78, 5) is 12.5. The van der Waals surface area contributed by atoms with Gasteiger partial charge in [0, 0.05) is 4.90 Å². The Hall–Kier alpha value is -1.16. The van der Waals surface area contributed by atoms with Crippen molar-refractivity contribution in [2.24, 2.45) is 0 Å². The first-order chi connectivity index (χ1) is 7.70. The number of thioether (sulfide) groups is 1. The maximum Gasteiger partial charge on any atom is 0.340 e. The molecule has 0 heterocycles. The first kappa shape index (κ1) is 12.9. The van der Waals surface area contributed by atoms with Crippen molar-refractivity contribution in [2.75, 3.05) is 18.1 Å². The molecule has 0 saturated heterocycles. The summed E-state index contributed by atoms with van der Waals surface area (Å²) in [5, 5.41) is 0. The van der Waals surface area contributed by atoms with Crippen molar-refractivity contribution in [3.8, 4) is 0 Å². The maximum absolute atomic E-state index is 11.6. The molecule has 88 valence electrons. The first-order valence-corrected chi connectivity index (χ1v) is 6.37. The van der Waals surface area contributed by atoms with Crippen LogP contribution in [0.4, 0.5) is 5.69 Å². The van der Waals surface area contributed by atoms with Crippen LogP contribution in [-0.2, 0) is 4.74 Å². The van der Waals surface area contributed by atoms with Gasteiger partial charge < -0.3 is 10.5 Å². The van der Waals surface area contributed by atoms with Crippen LogP contribution in [0.3, 0.4) is 0 Å². The third-order valence-corrected chi connectivity index (χ3v) is 3.30. The van der Waals surface area contributed by atoms with Crippen LogP contribution in [-0.4, -0.2) is 18.3 Å². The molecule has 0 aromatic heterocycles. The van der Waals surface area contributed by atoms with Gasteiger partial charge in [-0.1, -0.05) is 13.0 Å². The lowest BCUT2D eigenvalue weighted by Gasteiger charge is -2.09. The smallest absolute Gasteiger partial charge is 0.340 e. The van der Waals surface area contributed by atoms with Gasteiger partial charge >= 0.3 is 5.97 Å². The van der Waals surface area contributed by atoms with Gasteiger partial charge in [0.2, 0.25) is 0 Å². The number of hydrogen-bond donors (Lipinski definition) is 1. The highest BCUT2D eigenvalue weighted by atomic mass is 32.2. The minimum Gasteiger partial charge on any atom is -0.462 e. The number of anilines is 1. The molecule has 0 amide bonds. The predicted octanol–water partition coefficient (Wildman–Crippen LogP) is 2.95. The van der Waals surface area contributed by atoms with Gasteiger partial charge in [-0.05, 0) is 31.2 Å². The number of nitrogen functional groups attached to an aromatic ring is 1. The number of nitrogens with two attached hydrogens (primary N) is 1. The maximum atomic E-state index is 11.6. The summed E-state index contributed by atoms with van der Waals surface area (Å²) in [6.07, 6.45) is 1.08. The fourth-order valence-corrected chi connectivity index (χ4v) is 2.13. The molecule has 1 rings (SSSR count). The Morgan fingerprint density at radius 2 is 2.19 bits per heavy atom. The summed E-state index contributed by atoms with van der Waals surface area (Å²) in [6.45, 7) is 4.26. The van der Waals surface area contributed by atoms with Gasteiger partial charge in [0.15, 0.2) is 0 Å². The van der Waals surface area contributed by atoms with Gasteiger partial charge in [-0.3, -0.25) is 0 Å². The molecule has 0 saturated carbocycles. The number of benzene rings is 1. The standard InChI is InChI=1S/C12H17NO2S/c1-3-8-16-10-7-5-6-9(11(10)13)12(14)15-4-2/h5-7H,3-4,8,13H2,1-2H3. The summed E-state index contributed by atoms with van der Waals surface area (Å²) in [7, 11) is 0. The molecule has 0 aliphatic heterocycles. The Labute approximate surface area is 100 Å². The van der Waals surface area contributed by atoms with Gasteiger partial charge in [0.1, 0.15) is 0 Å². The molecular formula is C12H17NO2S. The van der Waals surface area contributed by atoms with Crippen molar-refractivity contribution in [3.63, 3.8) is 0 Å². The average Bonchev–Trinajstić information content (AvgIpc) is 2.28. The molecule has 2 N–H and O–H groups in total. The van der Waals surface area contributed by atoms with Crippen LogP contribution in [0, 0.1) is 0 Å². The molecule has 0 radical (unpaired) electrons. The van der Waals surface area contributed by atoms with Crippen molar-refractivity contribution >= 4 is 23.4 Å². The zero-order valence-electron chi connectivity index (χ0n) is 9.66. The van der Waals surface area contributed by atoms with E-state index in [2.05, 4.69) is 6.92 Å². The summed E-state index contributed by atoms with van der Waals surface area (Å²) < 4.78 is 4.94. The monoisotopic (exact) mass is 239 g/mol. The molecule has 0 fully saturated rings. The van der Waals surface area contributed by atoms with E-state index in [9.17, 15) is 4.79 Å². The molecule has 0 bridgehead atoms. The van der Waals surface area contributed by atoms with Crippen LogP contribution in [0.1, 0.15) is 30.6 Å². The lowest BCUT2D eigenvalue weighted by atomic mass is 10.2. The summed E-state index contributed by atoms with van der Waals surface area (Å²) in [6, 6.07) is 5.46. The molecule has 16 heavy (non-hydrogen) atoms. The zero-order valence-corrected chi connectivity index (χ0v) is 10.5. The van der Waals surface area contributed by atoms with E-state index in [-0.39, 0.29) is 5.97 Å². The largest absolute Gasteiger partial charge is 0.462 e. The van der Waals surface area contributed by atoms with E-state index in [0.717, 1.165) is 17.1 Å². The van der Waals surface area contributed by atoms with Gasteiger partial charge in [-0.25, -0.2) is 4.79 Å². The second-order valence-corrected chi connectivity index (χ2v) is 4.42. The van der Waals surface area contributed by atoms with E-state index < -0.39 is 0 Å². The third-order valence-electron chi connectivity index (χ3n) is 2.02. The van der Waals surface area contributed by atoms with Crippen molar-refractivity contribution in [3.05, 3.63) is 23.8 Å². The number of rotatable bonds is 5. The fraction of sp³-hybridized carbons (Fsp3) is 0.417. The molecule has 4 heteroatoms. The van der Waals surface area contributed by atoms with E-state index in [1.165, 1.54) is 0 Å². The lowest BCUT2D eigenvalue weighted by molar-refractivity contribution is 0.0527. The number of para-hydroxylation sites is 1. The van der Waals surface area contributed by atoms with Crippen LogP contribution in [0.15, 0.2) is 23.1 Å². The van der Waals surface area contributed by atoms with E-state index in [1.807, 2.05) is 12.1 Å². The van der Waals surface area contributed by atoms with E-state index in [1.54, 1.807) is 24.8 Å². The third kappa shape index (κ3) is 3.17. The number of esters is 1. The molecule has 1 aromatic carbocycles. The Balaban J connectivity index is 2.89. The minimum absolute atomic E-state index is 0.348. The van der Waals surface area contributed by atoms with Gasteiger partial charge in [0.05, 0.1) is 17.9 Å². The van der Waals surface area contributed by atoms with Crippen LogP contribution in [0.25, 0.3) is 0 Å². The highest BCUT2D eigenvalue weighted by Crippen LogP contribution is 2.28. The lowest BCUT2D eigenvalue weighted by Crippen LogP contribution is -2.08. The summed E-state index contributed by atoms with van der Waals surface area (Å²) >= 11 is 1.66. The van der Waals surface area contributed by atoms with Gasteiger partial charge in [-0.2, -0.15) is 0 Å². The molecular weight excluding hydrogens is 222 g/mol. The molecule has 0 spiro atoms. The number of hydrogen-bond acceptors (Lipinski definition) is 4. The average molecular weight is 239 g/mol. The number of ether oxygens (including phenoxy) is 1. The molecule has 0 aliphatic carbocycles. The van der Waals surface area contributed by atoms with Crippen LogP contribution in [0.2, 0.25) is 0 Å². The molecule has 0 unspecified atom stereocenters. The Bertz CT molecular complexity index is 366. The van der Waals surface area contributed by atoms with Crippen molar-refractivity contribution in [1.29, 1.82) is 0 Å². The van der Waals surface area contributed by atoms with Crippen molar-refractivity contribution in [1.82, 2.24) is 0 Å². The second kappa shape index (κ2) is 6.43. The van der Waals surface area contributed by atoms with E-state index in [0.29, 0.717) is 17.9 Å². The highest BCUT2D eigenvalue weighted by Gasteiger charge is 2.13. The fourth-order valence-electron chi connectivity index (χ4n) is 1.27. The zero-order chi connectivity index (χ0) is 12.0. The Morgan fingerprint density at radius 3 is 2.81 bits per heavy atom. The Kier molecular flexibility index (Phi) is 5.19. The molecule has 0 atom stereocenters. The highest BCUT2D eigenvalue weighted by molar-refractivity contribution is 7.99. The van der Waals surface area contributed by atoms with Gasteiger partial charge in [-0.15, -0.1) is 11.8 Å². The SMILES string of the molecule is CCCSc1cccc(C(=O)OCC)c1N. The van der Waals surface area contributed by atoms with Crippen molar-refractivity contribution in [2.45, 2.75) is 25.2 Å². The van der Waals surface area contributed by atoms with Crippen molar-refractivity contribution < 1.29 is 9.53 Å². The quantitative estimate of drug-likeness (QED) is 0.487. The van der Waals surface area contributed by atoms with Crippen LogP contribution >= 0.6 is 11.8 Å². The topological polar surface area (TPSA) is 52.3 Å². The second-order valence-electron chi connectivity index (χ2n) is 3.29. The Morgan fingerprint density at radius 1 is 1.44 bits per heavy atom. The van der Waals surface area contributed by atoms with E-state index >= 15 is 0 Å². The minimum atomic E-state index is -0.348. The van der Waals surface area contributed by atoms with Gasteiger partial charge in [0.25, 0.3) is 0 Å². The summed E-state index contributed by atoms with van der Waals surface area (Å²) in [5.41, 5.74) is 6.92. The summed E-state index contributed by atoms with van der Waals surface area (Å²) in [5.74, 6) is 0.648. The van der Waals surface area contributed by atoms with Crippen LogP contribution < -0.4 is 5.73 Å². The normalized spacial score (nSPS) is 10.1. The molecule has 3 nitrogen and oxygen atoms in total. The first-order valence-electron chi connectivity index (χ1n) is 5.39. The van der Waals surface area contributed by atoms with Crippen LogP contribution in [0.5, 0.6) is 0 Å². The molecule has 1 aromatic rings. The van der Waals surface area contributed by atoms with E-state index in [4.69, 9.17) is 10.5 Å². The number of carbonyl (C=O) groups is 1. The molecule has 0 aliphatic rings. The number of carbonyl (C=O) groups excluding carboxylic acids is 1.